The number of rotatable bonds is 1. The zero-order valence-corrected chi connectivity index (χ0v) is 8.98. The van der Waals surface area contributed by atoms with E-state index in [0.29, 0.717) is 11.7 Å². The molecule has 2 rings (SSSR count). The molecule has 0 aliphatic heterocycles. The van der Waals surface area contributed by atoms with Crippen LogP contribution in [-0.2, 0) is 0 Å². The number of nitrogens with two attached hydrogens (primary N) is 1. The Morgan fingerprint density at radius 1 is 1.13 bits per heavy atom. The van der Waals surface area contributed by atoms with Crippen molar-refractivity contribution in [2.45, 2.75) is 44.6 Å². The molecule has 0 unspecified atom stereocenters. The highest BCUT2D eigenvalue weighted by Crippen LogP contribution is 2.26. The normalized spacial score (nSPS) is 18.7. The van der Waals surface area contributed by atoms with E-state index in [-0.39, 0.29) is 5.56 Å². The molecule has 1 fully saturated rings. The van der Waals surface area contributed by atoms with E-state index in [0.717, 1.165) is 12.8 Å². The minimum Gasteiger partial charge on any atom is -0.398 e. The predicted octanol–water partition coefficient (Wildman–Crippen LogP) is 2.33. The fourth-order valence-corrected chi connectivity index (χ4v) is 2.34. The maximum atomic E-state index is 11.7. The molecule has 0 bridgehead atoms. The molecule has 1 heterocycles. The van der Waals surface area contributed by atoms with Crippen molar-refractivity contribution in [3.05, 3.63) is 28.7 Å². The third-order valence-corrected chi connectivity index (χ3v) is 3.18. The molecule has 1 saturated carbocycles. The maximum absolute atomic E-state index is 11.7. The van der Waals surface area contributed by atoms with Crippen molar-refractivity contribution < 1.29 is 0 Å². The van der Waals surface area contributed by atoms with Crippen molar-refractivity contribution >= 4 is 5.69 Å². The molecule has 15 heavy (non-hydrogen) atoms. The van der Waals surface area contributed by atoms with Crippen molar-refractivity contribution in [3.63, 3.8) is 0 Å². The van der Waals surface area contributed by atoms with Crippen LogP contribution in [0.3, 0.4) is 0 Å². The number of nitrogens with zero attached hydrogens (tertiary/aromatic N) is 1. The summed E-state index contributed by atoms with van der Waals surface area (Å²) in [6, 6.07) is 3.61. The van der Waals surface area contributed by atoms with Crippen LogP contribution in [-0.4, -0.2) is 4.57 Å². The van der Waals surface area contributed by atoms with E-state index in [4.69, 9.17) is 5.73 Å². The molecule has 1 aromatic rings. The van der Waals surface area contributed by atoms with Crippen molar-refractivity contribution in [2.24, 2.45) is 0 Å². The Bertz CT molecular complexity index is 375. The van der Waals surface area contributed by atoms with Crippen molar-refractivity contribution in [2.75, 3.05) is 5.73 Å². The summed E-state index contributed by atoms with van der Waals surface area (Å²) in [5, 5.41) is 0. The summed E-state index contributed by atoms with van der Waals surface area (Å²) in [5.74, 6) is 0. The molecule has 1 aliphatic rings. The number of hydrogen-bond donors (Lipinski definition) is 1. The van der Waals surface area contributed by atoms with Gasteiger partial charge in [-0.25, -0.2) is 0 Å². The SMILES string of the molecule is Nc1ccc(=O)n(C2CCCCCC2)c1. The van der Waals surface area contributed by atoms with Gasteiger partial charge in [0.15, 0.2) is 0 Å². The molecular weight excluding hydrogens is 188 g/mol. The largest absolute Gasteiger partial charge is 0.398 e. The summed E-state index contributed by atoms with van der Waals surface area (Å²) in [6.45, 7) is 0. The van der Waals surface area contributed by atoms with Gasteiger partial charge in [0.2, 0.25) is 0 Å². The number of pyridine rings is 1. The van der Waals surface area contributed by atoms with E-state index in [2.05, 4.69) is 0 Å². The average Bonchev–Trinajstić information content (AvgIpc) is 2.50. The van der Waals surface area contributed by atoms with Crippen LogP contribution in [0.25, 0.3) is 0 Å². The van der Waals surface area contributed by atoms with Crippen LogP contribution in [0.15, 0.2) is 23.1 Å². The highest BCUT2D eigenvalue weighted by molar-refractivity contribution is 5.33. The van der Waals surface area contributed by atoms with Gasteiger partial charge in [0.05, 0.1) is 0 Å². The topological polar surface area (TPSA) is 48.0 Å². The molecule has 0 atom stereocenters. The fraction of sp³-hybridized carbons (Fsp3) is 0.583. The second-order valence-corrected chi connectivity index (χ2v) is 4.35. The van der Waals surface area contributed by atoms with Gasteiger partial charge in [-0.3, -0.25) is 4.79 Å². The molecule has 3 heteroatoms. The second-order valence-electron chi connectivity index (χ2n) is 4.35. The average molecular weight is 206 g/mol. The van der Waals surface area contributed by atoms with E-state index >= 15 is 0 Å². The molecule has 82 valence electrons. The summed E-state index contributed by atoms with van der Waals surface area (Å²) >= 11 is 0. The first-order valence-corrected chi connectivity index (χ1v) is 5.75. The monoisotopic (exact) mass is 206 g/mol. The molecule has 0 spiro atoms. The number of nitrogen functional groups attached to an aromatic ring is 1. The van der Waals surface area contributed by atoms with Gasteiger partial charge in [-0.1, -0.05) is 25.7 Å². The third-order valence-electron chi connectivity index (χ3n) is 3.18. The summed E-state index contributed by atoms with van der Waals surface area (Å²) in [6.07, 6.45) is 9.07. The first-order valence-electron chi connectivity index (χ1n) is 5.75. The second kappa shape index (κ2) is 4.51. The Morgan fingerprint density at radius 3 is 2.47 bits per heavy atom. The Hall–Kier alpha value is -1.25. The molecule has 0 saturated heterocycles. The van der Waals surface area contributed by atoms with E-state index in [1.807, 2.05) is 4.57 Å². The summed E-state index contributed by atoms with van der Waals surface area (Å²) in [5.41, 5.74) is 6.47. The molecule has 2 N–H and O–H groups in total. The van der Waals surface area contributed by atoms with E-state index in [1.54, 1.807) is 18.3 Å². The Morgan fingerprint density at radius 2 is 1.80 bits per heavy atom. The molecule has 0 aromatic carbocycles. The minimum atomic E-state index is 0.0797. The van der Waals surface area contributed by atoms with Crippen LogP contribution in [0.1, 0.15) is 44.6 Å². The molecular formula is C12H18N2O. The zero-order valence-electron chi connectivity index (χ0n) is 8.98. The summed E-state index contributed by atoms with van der Waals surface area (Å²) in [7, 11) is 0. The standard InChI is InChI=1S/C12H18N2O/c13-10-7-8-12(15)14(9-10)11-5-3-1-2-4-6-11/h7-9,11H,1-6,13H2. The molecule has 0 radical (unpaired) electrons. The Balaban J connectivity index is 2.26. The lowest BCUT2D eigenvalue weighted by atomic mass is 10.1. The van der Waals surface area contributed by atoms with E-state index in [1.165, 1.54) is 25.7 Å². The van der Waals surface area contributed by atoms with Crippen LogP contribution < -0.4 is 11.3 Å². The highest BCUT2D eigenvalue weighted by Gasteiger charge is 2.14. The van der Waals surface area contributed by atoms with Crippen LogP contribution >= 0.6 is 0 Å². The van der Waals surface area contributed by atoms with Gasteiger partial charge >= 0.3 is 0 Å². The summed E-state index contributed by atoms with van der Waals surface area (Å²) in [4.78, 5) is 11.7. The Kier molecular flexibility index (Phi) is 3.09. The molecule has 3 nitrogen and oxygen atoms in total. The maximum Gasteiger partial charge on any atom is 0.250 e. The number of hydrogen-bond acceptors (Lipinski definition) is 2. The highest BCUT2D eigenvalue weighted by atomic mass is 16.1. The first kappa shape index (κ1) is 10.3. The van der Waals surface area contributed by atoms with Crippen LogP contribution in [0.5, 0.6) is 0 Å². The van der Waals surface area contributed by atoms with Crippen molar-refractivity contribution in [3.8, 4) is 0 Å². The van der Waals surface area contributed by atoms with Gasteiger partial charge < -0.3 is 10.3 Å². The van der Waals surface area contributed by atoms with Crippen molar-refractivity contribution in [1.29, 1.82) is 0 Å². The van der Waals surface area contributed by atoms with E-state index < -0.39 is 0 Å². The van der Waals surface area contributed by atoms with Gasteiger partial charge in [-0.2, -0.15) is 0 Å². The van der Waals surface area contributed by atoms with Crippen LogP contribution in [0, 0.1) is 0 Å². The minimum absolute atomic E-state index is 0.0797. The number of aromatic nitrogens is 1. The third kappa shape index (κ3) is 2.41. The van der Waals surface area contributed by atoms with Crippen molar-refractivity contribution in [1.82, 2.24) is 4.57 Å². The zero-order chi connectivity index (χ0) is 10.7. The van der Waals surface area contributed by atoms with Crippen LogP contribution in [0.4, 0.5) is 5.69 Å². The lowest BCUT2D eigenvalue weighted by molar-refractivity contribution is 0.433. The molecule has 0 amide bonds. The lowest BCUT2D eigenvalue weighted by Crippen LogP contribution is -2.23. The first-order chi connectivity index (χ1) is 7.27. The molecule has 1 aromatic heterocycles. The van der Waals surface area contributed by atoms with Gasteiger partial charge in [-0.15, -0.1) is 0 Å². The van der Waals surface area contributed by atoms with Gasteiger partial charge in [0.1, 0.15) is 0 Å². The van der Waals surface area contributed by atoms with Gasteiger partial charge in [0.25, 0.3) is 5.56 Å². The predicted molar refractivity (Wildman–Crippen MR) is 61.9 cm³/mol. The number of anilines is 1. The quantitative estimate of drug-likeness (QED) is 0.717. The van der Waals surface area contributed by atoms with Gasteiger partial charge in [-0.05, 0) is 18.9 Å². The fourth-order valence-electron chi connectivity index (χ4n) is 2.34. The summed E-state index contributed by atoms with van der Waals surface area (Å²) < 4.78 is 1.82. The van der Waals surface area contributed by atoms with E-state index in [9.17, 15) is 4.79 Å². The molecule has 1 aliphatic carbocycles. The van der Waals surface area contributed by atoms with Gasteiger partial charge in [0, 0.05) is 24.0 Å². The van der Waals surface area contributed by atoms with Crippen LogP contribution in [0.2, 0.25) is 0 Å². The smallest absolute Gasteiger partial charge is 0.250 e. The lowest BCUT2D eigenvalue weighted by Gasteiger charge is -2.17. The Labute approximate surface area is 89.9 Å².